The lowest BCUT2D eigenvalue weighted by molar-refractivity contribution is 0.482. The van der Waals surface area contributed by atoms with E-state index in [-0.39, 0.29) is 4.90 Å². The van der Waals surface area contributed by atoms with Crippen LogP contribution in [0.25, 0.3) is 21.5 Å². The Morgan fingerprint density at radius 1 is 0.306 bits per heavy atom. The maximum Gasteiger partial charge on any atom is 0.295 e. The molecule has 0 bridgehead atoms. The standard InChI is InChI=1S/C34H56O3S.C34H56/c1-3-5-7-9-11-13-15-17-19-21-25-30-29-31-26-23-24-28-33(31)34(38(35,36)37)32(30)27-22-20-18-16-14-12-10-8-6-4-2;1-3-5-7-9-11-13-15-17-19-21-25-31-29-30-32-26-23-24-28-34(32)33(31)27-22-20-18-16-14-12-10-8-6-4-2/h23-24,26,28-29H,3-22,25,27H2,1-2H3,(H,35,36,37);23-24,26,28-30H,3-22,25,27H2,1-2H3. The van der Waals surface area contributed by atoms with Crippen LogP contribution in [0.5, 0.6) is 0 Å². The molecule has 4 heteroatoms. The van der Waals surface area contributed by atoms with Crippen LogP contribution in [0.1, 0.15) is 307 Å². The molecule has 0 unspecified atom stereocenters. The fraction of sp³-hybridized carbons (Fsp3) is 0.706. The van der Waals surface area contributed by atoms with E-state index in [1.165, 1.54) is 261 Å². The molecular weight excluding hydrogens is 897 g/mol. The smallest absolute Gasteiger partial charge is 0.282 e. The van der Waals surface area contributed by atoms with Gasteiger partial charge >= 0.3 is 0 Å². The summed E-state index contributed by atoms with van der Waals surface area (Å²) >= 11 is 0. The van der Waals surface area contributed by atoms with Crippen LogP contribution in [0.2, 0.25) is 0 Å². The van der Waals surface area contributed by atoms with Crippen molar-refractivity contribution in [2.45, 2.75) is 315 Å². The lowest BCUT2D eigenvalue weighted by atomic mass is 9.91. The van der Waals surface area contributed by atoms with Crippen LogP contribution in [-0.2, 0) is 35.8 Å². The fourth-order valence-electron chi connectivity index (χ4n) is 11.3. The Hall–Kier alpha value is -2.69. The first-order valence-corrected chi connectivity index (χ1v) is 32.8. The molecule has 4 aromatic rings. The van der Waals surface area contributed by atoms with Gasteiger partial charge in [0.15, 0.2) is 0 Å². The van der Waals surface area contributed by atoms with E-state index in [4.69, 9.17) is 0 Å². The van der Waals surface area contributed by atoms with E-state index in [0.717, 1.165) is 48.6 Å². The van der Waals surface area contributed by atoms with Gasteiger partial charge in [0, 0.05) is 5.39 Å². The summed E-state index contributed by atoms with van der Waals surface area (Å²) in [6.07, 6.45) is 58.0. The number of unbranched alkanes of at least 4 members (excludes halogenated alkanes) is 36. The highest BCUT2D eigenvalue weighted by Crippen LogP contribution is 2.33. The predicted molar refractivity (Wildman–Crippen MR) is 320 cm³/mol. The van der Waals surface area contributed by atoms with Crippen molar-refractivity contribution in [1.82, 2.24) is 0 Å². The highest BCUT2D eigenvalue weighted by molar-refractivity contribution is 7.86. The van der Waals surface area contributed by atoms with Crippen molar-refractivity contribution in [3.8, 4) is 0 Å². The Morgan fingerprint density at radius 2 is 0.611 bits per heavy atom. The maximum atomic E-state index is 12.6. The zero-order valence-corrected chi connectivity index (χ0v) is 48.5. The summed E-state index contributed by atoms with van der Waals surface area (Å²) in [7, 11) is -4.30. The molecule has 0 aliphatic carbocycles. The molecular formula is C68H112O3S. The molecule has 72 heavy (non-hydrogen) atoms. The zero-order valence-electron chi connectivity index (χ0n) is 47.6. The molecule has 0 spiro atoms. The second kappa shape index (κ2) is 42.5. The summed E-state index contributed by atoms with van der Waals surface area (Å²) in [5.41, 5.74) is 5.27. The van der Waals surface area contributed by atoms with Crippen molar-refractivity contribution in [3.63, 3.8) is 0 Å². The van der Waals surface area contributed by atoms with Crippen molar-refractivity contribution in [1.29, 1.82) is 0 Å². The predicted octanol–water partition coefficient (Wildman–Crippen LogP) is 22.8. The Balaban J connectivity index is 0.000000383. The van der Waals surface area contributed by atoms with Crippen LogP contribution in [0.3, 0.4) is 0 Å². The van der Waals surface area contributed by atoms with Gasteiger partial charge in [-0.3, -0.25) is 4.55 Å². The summed E-state index contributed by atoms with van der Waals surface area (Å²) in [5, 5.41) is 4.51. The molecule has 0 fully saturated rings. The second-order valence-corrected chi connectivity index (χ2v) is 23.6. The third-order valence-corrected chi connectivity index (χ3v) is 16.7. The Bertz CT molecular complexity index is 2020. The van der Waals surface area contributed by atoms with Gasteiger partial charge in [-0.15, -0.1) is 0 Å². The summed E-state index contributed by atoms with van der Waals surface area (Å²) in [6, 6.07) is 23.7. The number of rotatable bonds is 45. The van der Waals surface area contributed by atoms with Gasteiger partial charge < -0.3 is 0 Å². The zero-order chi connectivity index (χ0) is 51.6. The first-order valence-electron chi connectivity index (χ1n) is 31.4. The number of benzene rings is 4. The van der Waals surface area contributed by atoms with Crippen molar-refractivity contribution in [2.75, 3.05) is 0 Å². The summed E-state index contributed by atoms with van der Waals surface area (Å²) < 4.78 is 35.5. The molecule has 0 heterocycles. The average molecular weight is 1010 g/mol. The largest absolute Gasteiger partial charge is 0.295 e. The van der Waals surface area contributed by atoms with Gasteiger partial charge in [-0.25, -0.2) is 0 Å². The molecule has 4 aromatic carbocycles. The molecule has 0 aliphatic rings. The van der Waals surface area contributed by atoms with Gasteiger partial charge in [0.2, 0.25) is 0 Å². The number of aryl methyl sites for hydroxylation is 3. The van der Waals surface area contributed by atoms with E-state index in [2.05, 4.69) is 70.2 Å². The molecule has 0 radical (unpaired) electrons. The van der Waals surface area contributed by atoms with Crippen LogP contribution < -0.4 is 0 Å². The molecule has 0 atom stereocenters. The molecule has 0 aliphatic heterocycles. The summed E-state index contributed by atoms with van der Waals surface area (Å²) in [4.78, 5) is 0.161. The van der Waals surface area contributed by atoms with Crippen molar-refractivity contribution in [3.05, 3.63) is 89.0 Å². The Kier molecular flexibility index (Phi) is 37.6. The van der Waals surface area contributed by atoms with Crippen LogP contribution in [0, 0.1) is 0 Å². The number of hydrogen-bond donors (Lipinski definition) is 1. The third-order valence-electron chi connectivity index (χ3n) is 15.8. The molecule has 408 valence electrons. The Morgan fingerprint density at radius 3 is 1.00 bits per heavy atom. The third kappa shape index (κ3) is 28.3. The molecule has 0 aromatic heterocycles. The van der Waals surface area contributed by atoms with Crippen molar-refractivity contribution in [2.24, 2.45) is 0 Å². The number of fused-ring (bicyclic) bond motifs is 2. The van der Waals surface area contributed by atoms with E-state index < -0.39 is 10.1 Å². The van der Waals surface area contributed by atoms with Crippen LogP contribution >= 0.6 is 0 Å². The molecule has 0 saturated carbocycles. The minimum absolute atomic E-state index is 0.161. The van der Waals surface area contributed by atoms with E-state index in [1.54, 1.807) is 11.1 Å². The van der Waals surface area contributed by atoms with Crippen LogP contribution in [0.4, 0.5) is 0 Å². The highest BCUT2D eigenvalue weighted by Gasteiger charge is 2.22. The van der Waals surface area contributed by atoms with Gasteiger partial charge in [-0.05, 0) is 89.8 Å². The molecule has 0 amide bonds. The van der Waals surface area contributed by atoms with Gasteiger partial charge in [-0.1, -0.05) is 326 Å². The first kappa shape index (κ1) is 63.6. The molecule has 0 saturated heterocycles. The maximum absolute atomic E-state index is 12.6. The first-order chi connectivity index (χ1) is 35.3. The lowest BCUT2D eigenvalue weighted by Crippen LogP contribution is -2.08. The second-order valence-electron chi connectivity index (χ2n) is 22.2. The monoisotopic (exact) mass is 1010 g/mol. The lowest BCUT2D eigenvalue weighted by Gasteiger charge is -2.17. The van der Waals surface area contributed by atoms with E-state index in [1.807, 2.05) is 24.3 Å². The molecule has 3 nitrogen and oxygen atoms in total. The van der Waals surface area contributed by atoms with E-state index in [9.17, 15) is 13.0 Å². The van der Waals surface area contributed by atoms with Crippen LogP contribution in [-0.4, -0.2) is 13.0 Å². The fourth-order valence-corrected chi connectivity index (χ4v) is 12.3. The quantitative estimate of drug-likeness (QED) is 0.0355. The summed E-state index contributed by atoms with van der Waals surface area (Å²) in [5.74, 6) is 0. The Labute approximate surface area is 446 Å². The van der Waals surface area contributed by atoms with Crippen molar-refractivity contribution >= 4 is 31.7 Å². The molecule has 4 rings (SSSR count). The van der Waals surface area contributed by atoms with Crippen LogP contribution in [0.15, 0.2) is 71.6 Å². The highest BCUT2D eigenvalue weighted by atomic mass is 32.2. The minimum Gasteiger partial charge on any atom is -0.282 e. The van der Waals surface area contributed by atoms with E-state index in [0.29, 0.717) is 5.39 Å². The SMILES string of the molecule is CCCCCCCCCCCCc1cc2ccccc2c(S(=O)(=O)O)c1CCCCCCCCCCCC.CCCCCCCCCCCCc1ccc2ccccc2c1CCCCCCCCCCCC. The van der Waals surface area contributed by atoms with Gasteiger partial charge in [-0.2, -0.15) is 8.42 Å². The number of hydrogen-bond acceptors (Lipinski definition) is 2. The molecule has 1 N–H and O–H groups in total. The van der Waals surface area contributed by atoms with E-state index >= 15 is 0 Å². The topological polar surface area (TPSA) is 54.4 Å². The summed E-state index contributed by atoms with van der Waals surface area (Å²) in [6.45, 7) is 9.12. The van der Waals surface area contributed by atoms with Crippen molar-refractivity contribution < 1.29 is 13.0 Å². The van der Waals surface area contributed by atoms with Gasteiger partial charge in [0.1, 0.15) is 4.90 Å². The average Bonchev–Trinajstić information content (AvgIpc) is 3.38. The minimum atomic E-state index is -4.30. The normalized spacial score (nSPS) is 11.7. The van der Waals surface area contributed by atoms with Gasteiger partial charge in [0.05, 0.1) is 0 Å². The van der Waals surface area contributed by atoms with Gasteiger partial charge in [0.25, 0.3) is 10.1 Å².